The summed E-state index contributed by atoms with van der Waals surface area (Å²) in [6, 6.07) is 0.280. The lowest BCUT2D eigenvalue weighted by Crippen LogP contribution is -2.38. The highest BCUT2D eigenvalue weighted by Crippen LogP contribution is 2.26. The van der Waals surface area contributed by atoms with E-state index in [2.05, 4.69) is 27.4 Å². The van der Waals surface area contributed by atoms with Crippen molar-refractivity contribution < 1.29 is 4.79 Å². The topological polar surface area (TPSA) is 70.7 Å². The summed E-state index contributed by atoms with van der Waals surface area (Å²) in [6.45, 7) is 8.37. The summed E-state index contributed by atoms with van der Waals surface area (Å²) in [6.07, 6.45) is 5.81. The van der Waals surface area contributed by atoms with E-state index in [9.17, 15) is 4.79 Å². The van der Waals surface area contributed by atoms with Crippen molar-refractivity contribution >= 4 is 5.91 Å². The lowest BCUT2D eigenvalue weighted by molar-refractivity contribution is 0.0911. The van der Waals surface area contributed by atoms with Crippen molar-refractivity contribution in [1.82, 2.24) is 20.5 Å². The lowest BCUT2D eigenvalue weighted by atomic mass is 9.84. The lowest BCUT2D eigenvalue weighted by Gasteiger charge is -2.28. The summed E-state index contributed by atoms with van der Waals surface area (Å²) in [5.41, 5.74) is -0.120. The predicted octanol–water partition coefficient (Wildman–Crippen LogP) is 2.80. The Hall–Kier alpha value is -1.39. The van der Waals surface area contributed by atoms with Crippen LogP contribution in [-0.2, 0) is 5.41 Å². The summed E-state index contributed by atoms with van der Waals surface area (Å²) in [4.78, 5) is 16.4. The molecule has 5 heteroatoms. The minimum atomic E-state index is -0.156. The summed E-state index contributed by atoms with van der Waals surface area (Å²) >= 11 is 0. The van der Waals surface area contributed by atoms with Crippen LogP contribution in [0, 0.1) is 5.92 Å². The fraction of sp³-hybridized carbons (Fsp3) is 0.800. The van der Waals surface area contributed by atoms with Crippen molar-refractivity contribution in [3.05, 3.63) is 11.6 Å². The van der Waals surface area contributed by atoms with Crippen LogP contribution in [0.3, 0.4) is 0 Å². The molecule has 1 aliphatic carbocycles. The number of amides is 1. The van der Waals surface area contributed by atoms with Crippen molar-refractivity contribution in [3.8, 4) is 0 Å². The van der Waals surface area contributed by atoms with Gasteiger partial charge in [0.25, 0.3) is 5.91 Å². The Balaban J connectivity index is 1.91. The van der Waals surface area contributed by atoms with Crippen LogP contribution >= 0.6 is 0 Å². The Morgan fingerprint density at radius 3 is 2.45 bits per heavy atom. The van der Waals surface area contributed by atoms with Gasteiger partial charge in [0.15, 0.2) is 0 Å². The first-order chi connectivity index (χ1) is 9.40. The second kappa shape index (κ2) is 5.94. The van der Waals surface area contributed by atoms with Gasteiger partial charge in [-0.25, -0.2) is 4.98 Å². The molecule has 0 saturated heterocycles. The Morgan fingerprint density at radius 1 is 1.30 bits per heavy atom. The predicted molar refractivity (Wildman–Crippen MR) is 78.6 cm³/mol. The second-order valence-electron chi connectivity index (χ2n) is 6.86. The third-order valence-electron chi connectivity index (χ3n) is 4.16. The molecular weight excluding hydrogens is 252 g/mol. The van der Waals surface area contributed by atoms with Crippen LogP contribution in [0.15, 0.2) is 0 Å². The maximum Gasteiger partial charge on any atom is 0.291 e. The molecule has 1 saturated carbocycles. The average molecular weight is 278 g/mol. The Morgan fingerprint density at radius 2 is 1.95 bits per heavy atom. The smallest absolute Gasteiger partial charge is 0.291 e. The molecule has 20 heavy (non-hydrogen) atoms. The van der Waals surface area contributed by atoms with Crippen LogP contribution in [0.25, 0.3) is 0 Å². The normalized spacial score (nSPS) is 23.6. The summed E-state index contributed by atoms with van der Waals surface area (Å²) in [5, 5.41) is 9.95. The van der Waals surface area contributed by atoms with Gasteiger partial charge < -0.3 is 5.32 Å². The van der Waals surface area contributed by atoms with Gasteiger partial charge in [-0.3, -0.25) is 9.89 Å². The van der Waals surface area contributed by atoms with E-state index < -0.39 is 0 Å². The molecule has 0 aromatic carbocycles. The van der Waals surface area contributed by atoms with E-state index in [-0.39, 0.29) is 23.2 Å². The maximum absolute atomic E-state index is 12.1. The SMILES string of the molecule is CCC1CCC(NC(=O)c2n[nH]c(C(C)(C)C)n2)CC1. The van der Waals surface area contributed by atoms with Crippen molar-refractivity contribution in [2.45, 2.75) is 71.3 Å². The van der Waals surface area contributed by atoms with Gasteiger partial charge in [-0.15, -0.1) is 5.10 Å². The van der Waals surface area contributed by atoms with Crippen LogP contribution in [-0.4, -0.2) is 27.1 Å². The number of aromatic nitrogens is 3. The fourth-order valence-electron chi connectivity index (χ4n) is 2.66. The highest BCUT2D eigenvalue weighted by molar-refractivity contribution is 5.90. The molecule has 1 amide bonds. The quantitative estimate of drug-likeness (QED) is 0.893. The molecule has 0 unspecified atom stereocenters. The number of H-pyrrole nitrogens is 1. The molecule has 1 aromatic heterocycles. The number of hydrogen-bond donors (Lipinski definition) is 2. The van der Waals surface area contributed by atoms with Crippen LogP contribution in [0.1, 0.15) is 76.2 Å². The highest BCUT2D eigenvalue weighted by atomic mass is 16.2. The molecule has 2 N–H and O–H groups in total. The molecule has 1 aliphatic rings. The fourth-order valence-corrected chi connectivity index (χ4v) is 2.66. The molecule has 112 valence electrons. The van der Waals surface area contributed by atoms with E-state index >= 15 is 0 Å². The zero-order valence-electron chi connectivity index (χ0n) is 13.0. The summed E-state index contributed by atoms with van der Waals surface area (Å²) in [7, 11) is 0. The van der Waals surface area contributed by atoms with E-state index in [1.807, 2.05) is 20.8 Å². The van der Waals surface area contributed by atoms with Gasteiger partial charge in [-0.05, 0) is 31.6 Å². The maximum atomic E-state index is 12.1. The van der Waals surface area contributed by atoms with Gasteiger partial charge in [0.1, 0.15) is 5.82 Å². The minimum absolute atomic E-state index is 0.120. The van der Waals surface area contributed by atoms with E-state index in [1.54, 1.807) is 0 Å². The summed E-state index contributed by atoms with van der Waals surface area (Å²) < 4.78 is 0. The first kappa shape index (κ1) is 15.0. The molecule has 2 rings (SSSR count). The van der Waals surface area contributed by atoms with Gasteiger partial charge in [-0.2, -0.15) is 0 Å². The molecule has 0 radical (unpaired) electrons. The molecule has 0 spiro atoms. The number of carbonyl (C=O) groups is 1. The number of nitrogens with one attached hydrogen (secondary N) is 2. The Bertz CT molecular complexity index is 453. The van der Waals surface area contributed by atoms with Crippen LogP contribution < -0.4 is 5.32 Å². The number of nitrogens with zero attached hydrogens (tertiary/aromatic N) is 2. The monoisotopic (exact) mass is 278 g/mol. The molecular formula is C15H26N4O. The van der Waals surface area contributed by atoms with Gasteiger partial charge in [0.05, 0.1) is 0 Å². The van der Waals surface area contributed by atoms with Crippen molar-refractivity contribution in [2.24, 2.45) is 5.92 Å². The van der Waals surface area contributed by atoms with Gasteiger partial charge in [0.2, 0.25) is 5.82 Å². The second-order valence-corrected chi connectivity index (χ2v) is 6.86. The average Bonchev–Trinajstić information content (AvgIpc) is 2.89. The largest absolute Gasteiger partial charge is 0.347 e. The van der Waals surface area contributed by atoms with Crippen LogP contribution in [0.5, 0.6) is 0 Å². The first-order valence-corrected chi connectivity index (χ1v) is 7.64. The molecule has 0 bridgehead atoms. The van der Waals surface area contributed by atoms with Gasteiger partial charge >= 0.3 is 0 Å². The molecule has 1 aromatic rings. The third kappa shape index (κ3) is 3.58. The van der Waals surface area contributed by atoms with Gasteiger partial charge in [0, 0.05) is 11.5 Å². The van der Waals surface area contributed by atoms with Crippen LogP contribution in [0.2, 0.25) is 0 Å². The summed E-state index contributed by atoms with van der Waals surface area (Å²) in [5.74, 6) is 1.68. The van der Waals surface area contributed by atoms with Crippen molar-refractivity contribution in [3.63, 3.8) is 0 Å². The number of rotatable bonds is 3. The highest BCUT2D eigenvalue weighted by Gasteiger charge is 2.25. The minimum Gasteiger partial charge on any atom is -0.347 e. The Labute approximate surface area is 120 Å². The van der Waals surface area contributed by atoms with E-state index in [1.165, 1.54) is 19.3 Å². The molecule has 1 fully saturated rings. The van der Waals surface area contributed by atoms with Gasteiger partial charge in [-0.1, -0.05) is 34.1 Å². The number of aromatic amines is 1. The third-order valence-corrected chi connectivity index (χ3v) is 4.16. The zero-order chi connectivity index (χ0) is 14.8. The zero-order valence-corrected chi connectivity index (χ0v) is 13.0. The molecule has 0 atom stereocenters. The molecule has 0 aliphatic heterocycles. The molecule has 5 nitrogen and oxygen atoms in total. The standard InChI is InChI=1S/C15H26N4O/c1-5-10-6-8-11(9-7-10)16-13(20)12-17-14(19-18-12)15(2,3)4/h10-11H,5-9H2,1-4H3,(H,16,20)(H,17,18,19). The van der Waals surface area contributed by atoms with E-state index in [0.717, 1.165) is 24.6 Å². The number of carbonyl (C=O) groups excluding carboxylic acids is 1. The van der Waals surface area contributed by atoms with E-state index in [0.29, 0.717) is 0 Å². The van der Waals surface area contributed by atoms with Crippen molar-refractivity contribution in [2.75, 3.05) is 0 Å². The van der Waals surface area contributed by atoms with E-state index in [4.69, 9.17) is 0 Å². The van der Waals surface area contributed by atoms with Crippen LogP contribution in [0.4, 0.5) is 0 Å². The molecule has 1 heterocycles. The van der Waals surface area contributed by atoms with Crippen molar-refractivity contribution in [1.29, 1.82) is 0 Å². The first-order valence-electron chi connectivity index (χ1n) is 7.64. The Kier molecular flexibility index (Phi) is 4.45. The number of hydrogen-bond acceptors (Lipinski definition) is 3.